The molecule has 2 saturated heterocycles. The Kier molecular flexibility index (Phi) is 3.85. The van der Waals surface area contributed by atoms with Gasteiger partial charge in [-0.25, -0.2) is 4.98 Å². The van der Waals surface area contributed by atoms with Gasteiger partial charge in [0, 0.05) is 63.1 Å². The molecule has 1 unspecified atom stereocenters. The summed E-state index contributed by atoms with van der Waals surface area (Å²) in [6, 6.07) is 0.538. The molecule has 1 amide bonds. The van der Waals surface area contributed by atoms with E-state index >= 15 is 0 Å². The van der Waals surface area contributed by atoms with E-state index in [1.54, 1.807) is 11.3 Å². The summed E-state index contributed by atoms with van der Waals surface area (Å²) in [6.07, 6.45) is 5.47. The van der Waals surface area contributed by atoms with Crippen LogP contribution in [0.25, 0.3) is 4.96 Å². The number of imidazole rings is 1. The molecule has 6 nitrogen and oxygen atoms in total. The van der Waals surface area contributed by atoms with Gasteiger partial charge >= 0.3 is 0 Å². The highest BCUT2D eigenvalue weighted by Gasteiger charge is 2.31. The van der Waals surface area contributed by atoms with Gasteiger partial charge in [-0.3, -0.25) is 14.1 Å². The number of likely N-dealkylation sites (tertiary alicyclic amines) is 1. The van der Waals surface area contributed by atoms with E-state index in [4.69, 9.17) is 0 Å². The summed E-state index contributed by atoms with van der Waals surface area (Å²) in [5.41, 5.74) is 0.877. The average Bonchev–Trinajstić information content (AvgIpc) is 3.23. The van der Waals surface area contributed by atoms with E-state index in [0.717, 1.165) is 56.3 Å². The summed E-state index contributed by atoms with van der Waals surface area (Å²) in [6.45, 7) is 6.09. The van der Waals surface area contributed by atoms with Gasteiger partial charge in [0.1, 0.15) is 0 Å². The van der Waals surface area contributed by atoms with E-state index in [2.05, 4.69) is 15.2 Å². The Morgan fingerprint density at radius 1 is 1.36 bits per heavy atom. The van der Waals surface area contributed by atoms with Gasteiger partial charge in [0.05, 0.1) is 12.1 Å². The quantitative estimate of drug-likeness (QED) is 0.892. The van der Waals surface area contributed by atoms with Crippen LogP contribution in [0.5, 0.6) is 0 Å². The number of amides is 1. The van der Waals surface area contributed by atoms with Crippen molar-refractivity contribution in [2.24, 2.45) is 0 Å². The number of nitrogens with zero attached hydrogens (tertiary/aromatic N) is 4. The molecule has 1 N–H and O–H groups in total. The first-order valence-corrected chi connectivity index (χ1v) is 8.81. The van der Waals surface area contributed by atoms with E-state index < -0.39 is 0 Å². The predicted molar refractivity (Wildman–Crippen MR) is 86.2 cm³/mol. The third kappa shape index (κ3) is 2.76. The molecule has 2 aromatic heterocycles. The van der Waals surface area contributed by atoms with Gasteiger partial charge in [-0.15, -0.1) is 11.3 Å². The number of hydrogen-bond acceptors (Lipinski definition) is 5. The third-order valence-electron chi connectivity index (χ3n) is 4.66. The van der Waals surface area contributed by atoms with Gasteiger partial charge in [0.2, 0.25) is 5.91 Å². The summed E-state index contributed by atoms with van der Waals surface area (Å²) >= 11 is 1.60. The zero-order valence-corrected chi connectivity index (χ0v) is 13.4. The maximum absolute atomic E-state index is 12.5. The molecule has 0 aromatic carbocycles. The third-order valence-corrected chi connectivity index (χ3v) is 5.43. The molecule has 0 bridgehead atoms. The minimum absolute atomic E-state index is 0.211. The van der Waals surface area contributed by atoms with Crippen molar-refractivity contribution in [2.75, 3.05) is 39.3 Å². The second-order valence-corrected chi connectivity index (χ2v) is 6.94. The molecular formula is C15H21N5OS. The number of hydrogen-bond donors (Lipinski definition) is 1. The van der Waals surface area contributed by atoms with E-state index in [9.17, 15) is 4.79 Å². The molecule has 7 heteroatoms. The molecule has 1 atom stereocenters. The normalized spacial score (nSPS) is 23.5. The Morgan fingerprint density at radius 2 is 2.23 bits per heavy atom. The SMILES string of the molecule is O=C(Cc1cn2ccsc2n1)N1CCC(N2CCNCC2)C1. The van der Waals surface area contributed by atoms with E-state index in [1.807, 2.05) is 27.1 Å². The lowest BCUT2D eigenvalue weighted by molar-refractivity contribution is -0.129. The van der Waals surface area contributed by atoms with Crippen molar-refractivity contribution in [2.45, 2.75) is 18.9 Å². The average molecular weight is 319 g/mol. The second-order valence-electron chi connectivity index (χ2n) is 6.07. The van der Waals surface area contributed by atoms with Gasteiger partial charge in [0.15, 0.2) is 4.96 Å². The standard InChI is InChI=1S/C15H21N5OS/c21-14(9-12-10-20-7-8-22-15(20)17-12)19-4-1-13(11-19)18-5-2-16-3-6-18/h7-8,10,13,16H,1-6,9,11H2. The van der Waals surface area contributed by atoms with Gasteiger partial charge in [-0.1, -0.05) is 0 Å². The van der Waals surface area contributed by atoms with Crippen LogP contribution in [-0.4, -0.2) is 70.4 Å². The summed E-state index contributed by atoms with van der Waals surface area (Å²) in [5, 5.41) is 5.39. The van der Waals surface area contributed by atoms with Crippen LogP contribution >= 0.6 is 11.3 Å². The van der Waals surface area contributed by atoms with Crippen molar-refractivity contribution in [1.29, 1.82) is 0 Å². The molecule has 118 valence electrons. The van der Waals surface area contributed by atoms with Crippen molar-refractivity contribution in [3.8, 4) is 0 Å². The largest absolute Gasteiger partial charge is 0.341 e. The number of piperazine rings is 1. The summed E-state index contributed by atoms with van der Waals surface area (Å²) in [5.74, 6) is 0.211. The molecule has 4 heterocycles. The highest BCUT2D eigenvalue weighted by atomic mass is 32.1. The Hall–Kier alpha value is -1.44. The van der Waals surface area contributed by atoms with Crippen molar-refractivity contribution >= 4 is 22.2 Å². The van der Waals surface area contributed by atoms with Crippen LogP contribution in [0.15, 0.2) is 17.8 Å². The summed E-state index contributed by atoms with van der Waals surface area (Å²) in [7, 11) is 0. The first-order chi connectivity index (χ1) is 10.8. The van der Waals surface area contributed by atoms with E-state index in [-0.39, 0.29) is 5.91 Å². The Bertz CT molecular complexity index is 631. The number of rotatable bonds is 3. The van der Waals surface area contributed by atoms with Crippen molar-refractivity contribution in [3.05, 3.63) is 23.5 Å². The number of thiazole rings is 1. The molecule has 2 aliphatic rings. The number of carbonyl (C=O) groups excluding carboxylic acids is 1. The summed E-state index contributed by atoms with van der Waals surface area (Å²) < 4.78 is 1.99. The molecular weight excluding hydrogens is 298 g/mol. The van der Waals surface area contributed by atoms with Crippen molar-refractivity contribution < 1.29 is 4.79 Å². The molecule has 2 aliphatic heterocycles. The van der Waals surface area contributed by atoms with Gasteiger partial charge in [-0.05, 0) is 6.42 Å². The summed E-state index contributed by atoms with van der Waals surface area (Å²) in [4.78, 5) is 22.5. The molecule has 0 radical (unpaired) electrons. The highest BCUT2D eigenvalue weighted by molar-refractivity contribution is 7.15. The fourth-order valence-corrected chi connectivity index (χ4v) is 4.16. The van der Waals surface area contributed by atoms with Gasteiger partial charge < -0.3 is 10.2 Å². The smallest absolute Gasteiger partial charge is 0.228 e. The van der Waals surface area contributed by atoms with Crippen molar-refractivity contribution in [3.63, 3.8) is 0 Å². The molecule has 0 saturated carbocycles. The minimum atomic E-state index is 0.211. The molecule has 2 fully saturated rings. The first kappa shape index (κ1) is 14.2. The maximum atomic E-state index is 12.5. The Labute approximate surface area is 133 Å². The number of carbonyl (C=O) groups is 1. The van der Waals surface area contributed by atoms with Crippen LogP contribution in [0.3, 0.4) is 0 Å². The lowest BCUT2D eigenvalue weighted by atomic mass is 10.2. The molecule has 4 rings (SSSR count). The highest BCUT2D eigenvalue weighted by Crippen LogP contribution is 2.18. The second kappa shape index (κ2) is 5.98. The fraction of sp³-hybridized carbons (Fsp3) is 0.600. The van der Waals surface area contributed by atoms with Gasteiger partial charge in [0.25, 0.3) is 0 Å². The molecule has 0 spiro atoms. The van der Waals surface area contributed by atoms with E-state index in [0.29, 0.717) is 12.5 Å². The molecule has 2 aromatic rings. The van der Waals surface area contributed by atoms with Crippen LogP contribution in [0, 0.1) is 0 Å². The van der Waals surface area contributed by atoms with Crippen LogP contribution in [0.2, 0.25) is 0 Å². The van der Waals surface area contributed by atoms with Crippen LogP contribution in [0.1, 0.15) is 12.1 Å². The number of nitrogens with one attached hydrogen (secondary N) is 1. The topological polar surface area (TPSA) is 52.9 Å². The fourth-order valence-electron chi connectivity index (χ4n) is 3.44. The Balaban J connectivity index is 1.35. The lowest BCUT2D eigenvalue weighted by Crippen LogP contribution is -2.49. The maximum Gasteiger partial charge on any atom is 0.228 e. The monoisotopic (exact) mass is 319 g/mol. The molecule has 0 aliphatic carbocycles. The Morgan fingerprint density at radius 3 is 3.05 bits per heavy atom. The lowest BCUT2D eigenvalue weighted by Gasteiger charge is -2.32. The molecule has 22 heavy (non-hydrogen) atoms. The van der Waals surface area contributed by atoms with Gasteiger partial charge in [-0.2, -0.15) is 0 Å². The first-order valence-electron chi connectivity index (χ1n) is 7.93. The van der Waals surface area contributed by atoms with Crippen LogP contribution < -0.4 is 5.32 Å². The van der Waals surface area contributed by atoms with Crippen molar-refractivity contribution in [1.82, 2.24) is 24.5 Å². The van der Waals surface area contributed by atoms with E-state index in [1.165, 1.54) is 0 Å². The van der Waals surface area contributed by atoms with Crippen LogP contribution in [-0.2, 0) is 11.2 Å². The number of aromatic nitrogens is 2. The zero-order valence-electron chi connectivity index (χ0n) is 12.6. The zero-order chi connectivity index (χ0) is 14.9. The minimum Gasteiger partial charge on any atom is -0.341 e. The predicted octanol–water partition coefficient (Wildman–Crippen LogP) is 0.444. The van der Waals surface area contributed by atoms with Crippen LogP contribution in [0.4, 0.5) is 0 Å². The number of fused-ring (bicyclic) bond motifs is 1.